The average Bonchev–Trinajstić information content (AvgIpc) is 3.42. The van der Waals surface area contributed by atoms with Gasteiger partial charge in [-0.05, 0) is 47.0 Å². The SMILES string of the molecule is O=C(O)CSc1n[nH]c(-c2cc(NO)cc(-c3ccc4[nH]cc(C5C=CC=CC=C5)c4c3)c2)n1. The van der Waals surface area contributed by atoms with Gasteiger partial charge in [0.25, 0.3) is 0 Å². The summed E-state index contributed by atoms with van der Waals surface area (Å²) in [6.07, 6.45) is 14.5. The molecule has 0 fully saturated rings. The largest absolute Gasteiger partial charge is 0.481 e. The Morgan fingerprint density at radius 2 is 1.82 bits per heavy atom. The Kier molecular flexibility index (Phi) is 6.03. The van der Waals surface area contributed by atoms with Crippen molar-refractivity contribution in [3.05, 3.63) is 84.6 Å². The molecule has 0 aliphatic heterocycles. The molecule has 2 aromatic carbocycles. The first-order chi connectivity index (χ1) is 16.6. The van der Waals surface area contributed by atoms with Gasteiger partial charge in [0.2, 0.25) is 5.16 Å². The molecule has 0 amide bonds. The Hall–Kier alpha value is -4.08. The van der Waals surface area contributed by atoms with E-state index in [-0.39, 0.29) is 11.7 Å². The maximum absolute atomic E-state index is 10.8. The molecule has 9 heteroatoms. The van der Waals surface area contributed by atoms with Crippen LogP contribution >= 0.6 is 11.8 Å². The molecule has 1 aliphatic carbocycles. The number of thioether (sulfide) groups is 1. The number of hydrogen-bond acceptors (Lipinski definition) is 6. The summed E-state index contributed by atoms with van der Waals surface area (Å²) < 4.78 is 0. The predicted molar refractivity (Wildman–Crippen MR) is 133 cm³/mol. The molecular formula is C25H21N5O3S. The van der Waals surface area contributed by atoms with Crippen LogP contribution in [0.2, 0.25) is 0 Å². The van der Waals surface area contributed by atoms with Crippen LogP contribution in [0, 0.1) is 0 Å². The zero-order valence-corrected chi connectivity index (χ0v) is 18.7. The minimum absolute atomic E-state index is 0.124. The smallest absolute Gasteiger partial charge is 0.313 e. The number of carboxylic acid groups (broad SMARTS) is 1. The molecule has 8 nitrogen and oxygen atoms in total. The molecule has 0 unspecified atom stereocenters. The van der Waals surface area contributed by atoms with Gasteiger partial charge < -0.3 is 10.1 Å². The molecule has 0 saturated carbocycles. The second-order valence-corrected chi connectivity index (χ2v) is 8.69. The summed E-state index contributed by atoms with van der Waals surface area (Å²) in [7, 11) is 0. The Bertz CT molecular complexity index is 1430. The molecule has 0 atom stereocenters. The van der Waals surface area contributed by atoms with E-state index in [9.17, 15) is 10.0 Å². The van der Waals surface area contributed by atoms with Gasteiger partial charge in [-0.2, -0.15) is 0 Å². The molecule has 2 heterocycles. The number of rotatable bonds is 7. The summed E-state index contributed by atoms with van der Waals surface area (Å²) >= 11 is 1.04. The summed E-state index contributed by atoms with van der Waals surface area (Å²) in [6.45, 7) is 0. The number of fused-ring (bicyclic) bond motifs is 1. The number of benzene rings is 2. The highest BCUT2D eigenvalue weighted by molar-refractivity contribution is 7.99. The second kappa shape index (κ2) is 9.42. The molecule has 5 rings (SSSR count). The van der Waals surface area contributed by atoms with Crippen LogP contribution < -0.4 is 5.48 Å². The fourth-order valence-electron chi connectivity index (χ4n) is 3.93. The van der Waals surface area contributed by atoms with Crippen LogP contribution in [0.4, 0.5) is 5.69 Å². The highest BCUT2D eigenvalue weighted by atomic mass is 32.2. The quantitative estimate of drug-likeness (QED) is 0.181. The fourth-order valence-corrected chi connectivity index (χ4v) is 4.45. The van der Waals surface area contributed by atoms with Crippen molar-refractivity contribution in [1.82, 2.24) is 20.2 Å². The molecule has 1 aliphatic rings. The topological polar surface area (TPSA) is 127 Å². The van der Waals surface area contributed by atoms with Crippen LogP contribution in [0.15, 0.2) is 84.2 Å². The van der Waals surface area contributed by atoms with Crippen LogP contribution in [-0.2, 0) is 4.79 Å². The first kappa shape index (κ1) is 21.7. The summed E-state index contributed by atoms with van der Waals surface area (Å²) in [5.41, 5.74) is 7.51. The lowest BCUT2D eigenvalue weighted by Crippen LogP contribution is -1.97. The maximum atomic E-state index is 10.8. The number of aromatic amines is 2. The van der Waals surface area contributed by atoms with Gasteiger partial charge in [0.05, 0.1) is 11.4 Å². The van der Waals surface area contributed by atoms with Crippen molar-refractivity contribution in [3.63, 3.8) is 0 Å². The molecule has 0 bridgehead atoms. The van der Waals surface area contributed by atoms with Gasteiger partial charge in [-0.25, -0.2) is 4.98 Å². The van der Waals surface area contributed by atoms with E-state index in [1.165, 1.54) is 5.56 Å². The van der Waals surface area contributed by atoms with E-state index in [1.54, 1.807) is 6.07 Å². The van der Waals surface area contributed by atoms with Gasteiger partial charge in [0.1, 0.15) is 0 Å². The summed E-state index contributed by atoms with van der Waals surface area (Å²) in [5, 5.41) is 26.9. The highest BCUT2D eigenvalue weighted by Crippen LogP contribution is 2.34. The van der Waals surface area contributed by atoms with E-state index >= 15 is 0 Å². The van der Waals surface area contributed by atoms with Gasteiger partial charge in [-0.15, -0.1) is 5.10 Å². The van der Waals surface area contributed by atoms with Crippen LogP contribution in [0.1, 0.15) is 11.5 Å². The molecule has 0 spiro atoms. The molecule has 0 saturated heterocycles. The van der Waals surface area contributed by atoms with Crippen molar-refractivity contribution >= 4 is 34.3 Å². The number of aromatic nitrogens is 4. The third kappa shape index (κ3) is 4.52. The lowest BCUT2D eigenvalue weighted by Gasteiger charge is -2.10. The summed E-state index contributed by atoms with van der Waals surface area (Å²) in [6, 6.07) is 11.8. The van der Waals surface area contributed by atoms with E-state index in [0.29, 0.717) is 22.2 Å². The zero-order chi connectivity index (χ0) is 23.5. The zero-order valence-electron chi connectivity index (χ0n) is 17.9. The molecule has 34 heavy (non-hydrogen) atoms. The minimum atomic E-state index is -0.935. The number of allylic oxidation sites excluding steroid dienone is 6. The number of nitrogens with one attached hydrogen (secondary N) is 3. The van der Waals surface area contributed by atoms with Crippen molar-refractivity contribution in [3.8, 4) is 22.5 Å². The number of aliphatic carboxylic acids is 1. The number of nitrogens with zero attached hydrogens (tertiary/aromatic N) is 2. The Morgan fingerprint density at radius 1 is 1.03 bits per heavy atom. The first-order valence-electron chi connectivity index (χ1n) is 10.6. The number of carbonyl (C=O) groups is 1. The van der Waals surface area contributed by atoms with E-state index in [1.807, 2.05) is 42.6 Å². The normalized spacial score (nSPS) is 13.4. The Morgan fingerprint density at radius 3 is 2.59 bits per heavy atom. The fraction of sp³-hybridized carbons (Fsp3) is 0.0800. The van der Waals surface area contributed by atoms with Gasteiger partial charge in [0, 0.05) is 28.6 Å². The number of hydrogen-bond donors (Lipinski definition) is 5. The van der Waals surface area contributed by atoms with Crippen molar-refractivity contribution in [1.29, 1.82) is 0 Å². The van der Waals surface area contributed by atoms with Crippen molar-refractivity contribution in [2.24, 2.45) is 0 Å². The predicted octanol–water partition coefficient (Wildman–Crippen LogP) is 5.36. The Labute approximate surface area is 199 Å². The van der Waals surface area contributed by atoms with Crippen molar-refractivity contribution < 1.29 is 15.1 Å². The van der Waals surface area contributed by atoms with Gasteiger partial charge in [-0.3, -0.25) is 20.6 Å². The number of anilines is 1. The number of carboxylic acids is 1. The standard InChI is InChI=1S/C25H21N5O3S/c31-23(32)14-34-25-27-24(28-29-25)18-9-17(10-19(11-18)30-33)16-7-8-22-20(12-16)21(13-26-22)15-5-3-1-2-4-6-15/h1-13,15,26,30,33H,14H2,(H,31,32)(H,27,28,29). The third-order valence-electron chi connectivity index (χ3n) is 5.50. The van der Waals surface area contributed by atoms with Crippen LogP contribution in [0.25, 0.3) is 33.4 Å². The average molecular weight is 472 g/mol. The van der Waals surface area contributed by atoms with Gasteiger partial charge >= 0.3 is 5.97 Å². The molecule has 5 N–H and O–H groups in total. The van der Waals surface area contributed by atoms with Gasteiger partial charge in [0.15, 0.2) is 5.82 Å². The maximum Gasteiger partial charge on any atom is 0.313 e. The monoisotopic (exact) mass is 471 g/mol. The minimum Gasteiger partial charge on any atom is -0.481 e. The van der Waals surface area contributed by atoms with Crippen LogP contribution in [0.5, 0.6) is 0 Å². The van der Waals surface area contributed by atoms with Crippen molar-refractivity contribution in [2.75, 3.05) is 11.2 Å². The Balaban J connectivity index is 1.53. The molecule has 0 radical (unpaired) electrons. The van der Waals surface area contributed by atoms with E-state index in [0.717, 1.165) is 33.8 Å². The molecule has 170 valence electrons. The molecule has 2 aromatic heterocycles. The highest BCUT2D eigenvalue weighted by Gasteiger charge is 2.14. The van der Waals surface area contributed by atoms with E-state index in [4.69, 9.17) is 5.11 Å². The lowest BCUT2D eigenvalue weighted by molar-refractivity contribution is -0.133. The molecule has 4 aromatic rings. The van der Waals surface area contributed by atoms with Crippen LogP contribution in [-0.4, -0.2) is 42.2 Å². The van der Waals surface area contributed by atoms with Crippen LogP contribution in [0.3, 0.4) is 0 Å². The lowest BCUT2D eigenvalue weighted by atomic mass is 9.95. The molecular weight excluding hydrogens is 450 g/mol. The second-order valence-electron chi connectivity index (χ2n) is 7.74. The third-order valence-corrected chi connectivity index (χ3v) is 6.33. The first-order valence-corrected chi connectivity index (χ1v) is 11.5. The summed E-state index contributed by atoms with van der Waals surface area (Å²) in [5.74, 6) is -0.413. The van der Waals surface area contributed by atoms with E-state index in [2.05, 4.69) is 56.0 Å². The summed E-state index contributed by atoms with van der Waals surface area (Å²) in [4.78, 5) is 18.6. The van der Waals surface area contributed by atoms with E-state index < -0.39 is 5.97 Å². The van der Waals surface area contributed by atoms with Gasteiger partial charge in [-0.1, -0.05) is 54.3 Å². The van der Waals surface area contributed by atoms with Crippen molar-refractivity contribution in [2.45, 2.75) is 11.1 Å². The number of H-pyrrole nitrogens is 2.